The summed E-state index contributed by atoms with van der Waals surface area (Å²) in [5, 5.41) is 3.30. The highest BCUT2D eigenvalue weighted by atomic mass is 79.9. The van der Waals surface area contributed by atoms with Crippen molar-refractivity contribution in [2.45, 2.75) is 22.6 Å². The zero-order valence-corrected chi connectivity index (χ0v) is 7.70. The van der Waals surface area contributed by atoms with E-state index < -0.39 is 0 Å². The number of nitrogens with one attached hydrogen (secondary N) is 1. The summed E-state index contributed by atoms with van der Waals surface area (Å²) in [6, 6.07) is 0. The number of alkyl halides is 2. The molecule has 8 heavy (non-hydrogen) atoms. The number of hydrogen-bond acceptors (Lipinski definition) is 1. The Labute approximate surface area is 66.5 Å². The van der Waals surface area contributed by atoms with Crippen molar-refractivity contribution in [1.29, 1.82) is 0 Å². The maximum atomic E-state index is 3.53. The van der Waals surface area contributed by atoms with Crippen molar-refractivity contribution in [3.8, 4) is 0 Å². The third kappa shape index (κ3) is 2.03. The molecule has 0 bridgehead atoms. The summed E-state index contributed by atoms with van der Waals surface area (Å²) >= 11 is 7.02. The molecule has 48 valence electrons. The van der Waals surface area contributed by atoms with Gasteiger partial charge in [0.2, 0.25) is 0 Å². The van der Waals surface area contributed by atoms with E-state index in [2.05, 4.69) is 37.2 Å². The molecule has 0 aliphatic carbocycles. The van der Waals surface area contributed by atoms with Crippen LogP contribution in [-0.2, 0) is 0 Å². The molecule has 0 radical (unpaired) electrons. The molecule has 1 fully saturated rings. The van der Waals surface area contributed by atoms with E-state index >= 15 is 0 Å². The van der Waals surface area contributed by atoms with Crippen LogP contribution in [0, 0.1) is 0 Å². The second-order valence-electron chi connectivity index (χ2n) is 2.05. The van der Waals surface area contributed by atoms with Crippen LogP contribution in [-0.4, -0.2) is 16.3 Å². The van der Waals surface area contributed by atoms with Crippen molar-refractivity contribution in [2.24, 2.45) is 0 Å². The van der Waals surface area contributed by atoms with Gasteiger partial charge in [-0.3, -0.25) is 0 Å². The van der Waals surface area contributed by atoms with Crippen LogP contribution in [0.1, 0.15) is 12.8 Å². The molecule has 1 aliphatic rings. The van der Waals surface area contributed by atoms with Gasteiger partial charge >= 0.3 is 0 Å². The van der Waals surface area contributed by atoms with E-state index in [4.69, 9.17) is 0 Å². The summed E-state index contributed by atoms with van der Waals surface area (Å²) in [6.07, 6.45) is 2.51. The molecular formula is C5H9Br2N. The van der Waals surface area contributed by atoms with Crippen LogP contribution in [0.15, 0.2) is 0 Å². The molecule has 1 saturated heterocycles. The molecule has 1 aliphatic heterocycles. The minimum Gasteiger partial charge on any atom is -0.304 e. The monoisotopic (exact) mass is 241 g/mol. The maximum absolute atomic E-state index is 3.53. The van der Waals surface area contributed by atoms with Crippen molar-refractivity contribution in [3.05, 3.63) is 0 Å². The van der Waals surface area contributed by atoms with Crippen LogP contribution >= 0.6 is 31.9 Å². The lowest BCUT2D eigenvalue weighted by Gasteiger charge is -2.21. The SMILES string of the molecule is Br[C@@H]1CC[C@@H](Br)NC1. The van der Waals surface area contributed by atoms with Crippen molar-refractivity contribution < 1.29 is 0 Å². The summed E-state index contributed by atoms with van der Waals surface area (Å²) in [5.41, 5.74) is 0. The Balaban J connectivity index is 2.19. The third-order valence-electron chi connectivity index (χ3n) is 1.29. The Bertz CT molecular complexity index is 58.8. The van der Waals surface area contributed by atoms with Gasteiger partial charge in [-0.1, -0.05) is 31.9 Å². The standard InChI is InChI=1S/C5H9Br2N/c6-4-1-2-5(7)8-3-4/h4-5,8H,1-3H2/t4-,5+/m1/s1. The Morgan fingerprint density at radius 2 is 2.00 bits per heavy atom. The topological polar surface area (TPSA) is 12.0 Å². The van der Waals surface area contributed by atoms with Gasteiger partial charge in [-0.05, 0) is 12.8 Å². The van der Waals surface area contributed by atoms with Crippen LogP contribution in [0.2, 0.25) is 0 Å². The van der Waals surface area contributed by atoms with Crippen LogP contribution < -0.4 is 5.32 Å². The predicted molar refractivity (Wildman–Crippen MR) is 42.7 cm³/mol. The zero-order valence-electron chi connectivity index (χ0n) is 4.53. The number of halogens is 2. The average Bonchev–Trinajstić information content (AvgIpc) is 1.77. The minimum atomic E-state index is 0.552. The first-order valence-electron chi connectivity index (χ1n) is 2.80. The molecule has 0 aromatic carbocycles. The normalized spacial score (nSPS) is 39.8. The first-order valence-corrected chi connectivity index (χ1v) is 4.63. The van der Waals surface area contributed by atoms with Gasteiger partial charge in [0.25, 0.3) is 0 Å². The van der Waals surface area contributed by atoms with Gasteiger partial charge in [0.05, 0.1) is 4.95 Å². The number of rotatable bonds is 0. The molecule has 1 nitrogen and oxygen atoms in total. The molecular weight excluding hydrogens is 234 g/mol. The zero-order chi connectivity index (χ0) is 5.98. The summed E-state index contributed by atoms with van der Waals surface area (Å²) < 4.78 is 0. The van der Waals surface area contributed by atoms with Crippen molar-refractivity contribution >= 4 is 31.9 Å². The Morgan fingerprint density at radius 3 is 2.38 bits per heavy atom. The van der Waals surface area contributed by atoms with E-state index in [9.17, 15) is 0 Å². The lowest BCUT2D eigenvalue weighted by molar-refractivity contribution is 0.513. The summed E-state index contributed by atoms with van der Waals surface area (Å²) in [7, 11) is 0. The first-order chi connectivity index (χ1) is 3.79. The number of piperidine rings is 1. The van der Waals surface area contributed by atoms with Crippen LogP contribution in [0.25, 0.3) is 0 Å². The maximum Gasteiger partial charge on any atom is 0.0631 e. The van der Waals surface area contributed by atoms with Gasteiger partial charge in [0, 0.05) is 11.4 Å². The molecule has 1 heterocycles. The van der Waals surface area contributed by atoms with E-state index in [0.29, 0.717) is 9.78 Å². The minimum absolute atomic E-state index is 0.552. The summed E-state index contributed by atoms with van der Waals surface area (Å²) in [4.78, 5) is 1.24. The molecule has 1 N–H and O–H groups in total. The second-order valence-corrected chi connectivity index (χ2v) is 4.45. The van der Waals surface area contributed by atoms with Crippen molar-refractivity contribution in [3.63, 3.8) is 0 Å². The van der Waals surface area contributed by atoms with Gasteiger partial charge in [0.1, 0.15) is 0 Å². The summed E-state index contributed by atoms with van der Waals surface area (Å²) in [5.74, 6) is 0. The fraction of sp³-hybridized carbons (Fsp3) is 1.00. The smallest absolute Gasteiger partial charge is 0.0631 e. The quantitative estimate of drug-likeness (QED) is 0.505. The molecule has 0 aromatic rings. The predicted octanol–water partition coefficient (Wildman–Crippen LogP) is 1.85. The largest absolute Gasteiger partial charge is 0.304 e. The molecule has 0 unspecified atom stereocenters. The molecule has 3 heteroatoms. The highest BCUT2D eigenvalue weighted by Crippen LogP contribution is 2.17. The fourth-order valence-electron chi connectivity index (χ4n) is 0.787. The van der Waals surface area contributed by atoms with E-state index in [0.717, 1.165) is 6.54 Å². The highest BCUT2D eigenvalue weighted by molar-refractivity contribution is 9.10. The van der Waals surface area contributed by atoms with Gasteiger partial charge in [-0.15, -0.1) is 0 Å². The van der Waals surface area contributed by atoms with Gasteiger partial charge in [0.15, 0.2) is 0 Å². The second kappa shape index (κ2) is 3.18. The van der Waals surface area contributed by atoms with Crippen molar-refractivity contribution in [2.75, 3.05) is 6.54 Å². The van der Waals surface area contributed by atoms with Crippen LogP contribution in [0.4, 0.5) is 0 Å². The van der Waals surface area contributed by atoms with Crippen molar-refractivity contribution in [1.82, 2.24) is 5.32 Å². The van der Waals surface area contributed by atoms with Gasteiger partial charge in [-0.25, -0.2) is 0 Å². The van der Waals surface area contributed by atoms with Gasteiger partial charge < -0.3 is 5.32 Å². The molecule has 0 aromatic heterocycles. The molecule has 1 rings (SSSR count). The Hall–Kier alpha value is 0.920. The molecule has 2 atom stereocenters. The first kappa shape index (κ1) is 7.03. The Kier molecular flexibility index (Phi) is 2.80. The third-order valence-corrected chi connectivity index (χ3v) is 2.86. The molecule has 0 amide bonds. The van der Waals surface area contributed by atoms with E-state index in [1.807, 2.05) is 0 Å². The number of hydrogen-bond donors (Lipinski definition) is 1. The molecule has 0 spiro atoms. The van der Waals surface area contributed by atoms with E-state index in [1.165, 1.54) is 12.8 Å². The Morgan fingerprint density at radius 1 is 1.25 bits per heavy atom. The fourth-order valence-corrected chi connectivity index (χ4v) is 1.69. The highest BCUT2D eigenvalue weighted by Gasteiger charge is 2.14. The van der Waals surface area contributed by atoms with Gasteiger partial charge in [-0.2, -0.15) is 0 Å². The molecule has 0 saturated carbocycles. The van der Waals surface area contributed by atoms with E-state index in [-0.39, 0.29) is 0 Å². The lowest BCUT2D eigenvalue weighted by atomic mass is 10.2. The van der Waals surface area contributed by atoms with Crippen LogP contribution in [0.3, 0.4) is 0 Å². The lowest BCUT2D eigenvalue weighted by Crippen LogP contribution is -2.35. The average molecular weight is 243 g/mol. The van der Waals surface area contributed by atoms with Crippen LogP contribution in [0.5, 0.6) is 0 Å². The van der Waals surface area contributed by atoms with E-state index in [1.54, 1.807) is 0 Å². The summed E-state index contributed by atoms with van der Waals surface area (Å²) in [6.45, 7) is 1.09.